The normalized spacial score (nSPS) is 20.8. The van der Waals surface area contributed by atoms with E-state index >= 15 is 0 Å². The Balaban J connectivity index is 1.94. The summed E-state index contributed by atoms with van der Waals surface area (Å²) in [7, 11) is 0. The summed E-state index contributed by atoms with van der Waals surface area (Å²) in [5.74, 6) is 0.281. The SMILES string of the molecule is O=c1oc2c(c3ccccc13)CC1(CC2)OCCO1. The van der Waals surface area contributed by atoms with Gasteiger partial charge in [-0.05, 0) is 11.5 Å². The van der Waals surface area contributed by atoms with E-state index < -0.39 is 5.79 Å². The van der Waals surface area contributed by atoms with Crippen LogP contribution in [0.2, 0.25) is 0 Å². The minimum Gasteiger partial charge on any atom is -0.427 e. The van der Waals surface area contributed by atoms with Gasteiger partial charge in [0.1, 0.15) is 5.76 Å². The van der Waals surface area contributed by atoms with Crippen LogP contribution in [0.1, 0.15) is 17.7 Å². The molecule has 0 amide bonds. The lowest BCUT2D eigenvalue weighted by atomic mass is 9.88. The highest BCUT2D eigenvalue weighted by atomic mass is 16.7. The quantitative estimate of drug-likeness (QED) is 0.725. The molecule has 1 aromatic heterocycles. The standard InChI is InChI=1S/C15H14O4/c16-14-11-4-2-1-3-10(11)12-9-15(17-7-8-18-15)6-5-13(12)19-14/h1-4H,5-9H2. The first kappa shape index (κ1) is 11.2. The first-order chi connectivity index (χ1) is 9.27. The van der Waals surface area contributed by atoms with Crippen molar-refractivity contribution in [2.24, 2.45) is 0 Å². The van der Waals surface area contributed by atoms with E-state index in [1.807, 2.05) is 18.2 Å². The number of benzene rings is 1. The predicted octanol–water partition coefficient (Wildman–Crippen LogP) is 2.02. The molecule has 0 saturated carbocycles. The van der Waals surface area contributed by atoms with Crippen molar-refractivity contribution < 1.29 is 13.9 Å². The van der Waals surface area contributed by atoms with Crippen LogP contribution in [0.5, 0.6) is 0 Å². The number of rotatable bonds is 0. The Hall–Kier alpha value is -1.65. The van der Waals surface area contributed by atoms with Gasteiger partial charge in [0, 0.05) is 24.8 Å². The lowest BCUT2D eigenvalue weighted by Gasteiger charge is -2.32. The summed E-state index contributed by atoms with van der Waals surface area (Å²) >= 11 is 0. The summed E-state index contributed by atoms with van der Waals surface area (Å²) in [5.41, 5.74) is 0.807. The van der Waals surface area contributed by atoms with Crippen LogP contribution in [-0.4, -0.2) is 19.0 Å². The molecule has 1 saturated heterocycles. The molecule has 1 aromatic carbocycles. The van der Waals surface area contributed by atoms with Gasteiger partial charge in [-0.3, -0.25) is 0 Å². The molecule has 2 heterocycles. The van der Waals surface area contributed by atoms with Crippen LogP contribution in [0.4, 0.5) is 0 Å². The van der Waals surface area contributed by atoms with Gasteiger partial charge in [-0.2, -0.15) is 0 Å². The van der Waals surface area contributed by atoms with E-state index in [0.29, 0.717) is 31.4 Å². The van der Waals surface area contributed by atoms with E-state index in [9.17, 15) is 4.79 Å². The van der Waals surface area contributed by atoms with Crippen molar-refractivity contribution >= 4 is 10.8 Å². The number of ether oxygens (including phenoxy) is 2. The molecule has 0 atom stereocenters. The molecule has 0 radical (unpaired) electrons. The Morgan fingerprint density at radius 3 is 2.58 bits per heavy atom. The fourth-order valence-electron chi connectivity index (χ4n) is 3.10. The van der Waals surface area contributed by atoms with Crippen LogP contribution in [0, 0.1) is 0 Å². The second-order valence-electron chi connectivity index (χ2n) is 5.12. The lowest BCUT2D eigenvalue weighted by molar-refractivity contribution is -0.164. The summed E-state index contributed by atoms with van der Waals surface area (Å²) in [6, 6.07) is 7.57. The molecule has 0 bridgehead atoms. The van der Waals surface area contributed by atoms with Crippen LogP contribution in [-0.2, 0) is 22.3 Å². The summed E-state index contributed by atoms with van der Waals surface area (Å²) in [6.45, 7) is 1.29. The van der Waals surface area contributed by atoms with Crippen LogP contribution in [0.3, 0.4) is 0 Å². The van der Waals surface area contributed by atoms with Gasteiger partial charge in [-0.25, -0.2) is 4.79 Å². The molecule has 2 aromatic rings. The fraction of sp³-hybridized carbons (Fsp3) is 0.400. The molecule has 0 N–H and O–H groups in total. The monoisotopic (exact) mass is 258 g/mol. The average Bonchev–Trinajstić information content (AvgIpc) is 2.89. The highest BCUT2D eigenvalue weighted by Gasteiger charge is 2.41. The van der Waals surface area contributed by atoms with E-state index in [-0.39, 0.29) is 5.63 Å². The molecule has 98 valence electrons. The van der Waals surface area contributed by atoms with E-state index in [0.717, 1.165) is 23.1 Å². The zero-order valence-electron chi connectivity index (χ0n) is 10.5. The van der Waals surface area contributed by atoms with Crippen molar-refractivity contribution in [3.63, 3.8) is 0 Å². The van der Waals surface area contributed by atoms with Crippen LogP contribution in [0.15, 0.2) is 33.5 Å². The fourth-order valence-corrected chi connectivity index (χ4v) is 3.10. The number of hydrogen-bond acceptors (Lipinski definition) is 4. The Morgan fingerprint density at radius 1 is 1.05 bits per heavy atom. The minimum atomic E-state index is -0.504. The molecule has 4 nitrogen and oxygen atoms in total. The van der Waals surface area contributed by atoms with Crippen LogP contribution in [0.25, 0.3) is 10.8 Å². The van der Waals surface area contributed by atoms with Gasteiger partial charge < -0.3 is 13.9 Å². The second-order valence-corrected chi connectivity index (χ2v) is 5.12. The van der Waals surface area contributed by atoms with Crippen molar-refractivity contribution in [3.05, 3.63) is 46.0 Å². The van der Waals surface area contributed by atoms with Crippen molar-refractivity contribution in [1.29, 1.82) is 0 Å². The van der Waals surface area contributed by atoms with Gasteiger partial charge in [0.15, 0.2) is 5.79 Å². The molecule has 19 heavy (non-hydrogen) atoms. The zero-order chi connectivity index (χ0) is 12.9. The molecule has 0 unspecified atom stereocenters. The first-order valence-corrected chi connectivity index (χ1v) is 6.59. The predicted molar refractivity (Wildman–Crippen MR) is 69.1 cm³/mol. The smallest absolute Gasteiger partial charge is 0.343 e. The molecule has 2 aliphatic rings. The third-order valence-electron chi connectivity index (χ3n) is 4.02. The van der Waals surface area contributed by atoms with Gasteiger partial charge >= 0.3 is 5.63 Å². The van der Waals surface area contributed by atoms with Crippen molar-refractivity contribution in [1.82, 2.24) is 0 Å². The third-order valence-corrected chi connectivity index (χ3v) is 4.02. The van der Waals surface area contributed by atoms with E-state index in [1.54, 1.807) is 6.07 Å². The Bertz CT molecular complexity index is 695. The molecular formula is C15H14O4. The maximum Gasteiger partial charge on any atom is 0.343 e. The van der Waals surface area contributed by atoms with Crippen molar-refractivity contribution in [2.45, 2.75) is 25.0 Å². The van der Waals surface area contributed by atoms with Gasteiger partial charge in [0.05, 0.1) is 18.6 Å². The molecule has 1 aliphatic carbocycles. The summed E-state index contributed by atoms with van der Waals surface area (Å²) < 4.78 is 17.0. The summed E-state index contributed by atoms with van der Waals surface area (Å²) in [5, 5.41) is 1.60. The van der Waals surface area contributed by atoms with Crippen LogP contribution < -0.4 is 5.63 Å². The molecule has 1 fully saturated rings. The summed E-state index contributed by atoms with van der Waals surface area (Å²) in [4.78, 5) is 11.9. The molecular weight excluding hydrogens is 244 g/mol. The molecule has 4 rings (SSSR count). The summed E-state index contributed by atoms with van der Waals surface area (Å²) in [6.07, 6.45) is 2.10. The number of fused-ring (bicyclic) bond motifs is 3. The highest BCUT2D eigenvalue weighted by molar-refractivity contribution is 5.85. The van der Waals surface area contributed by atoms with E-state index in [2.05, 4.69) is 0 Å². The molecule has 1 spiro atoms. The largest absolute Gasteiger partial charge is 0.427 e. The van der Waals surface area contributed by atoms with Crippen molar-refractivity contribution in [3.8, 4) is 0 Å². The highest BCUT2D eigenvalue weighted by Crippen LogP contribution is 2.37. The van der Waals surface area contributed by atoms with Gasteiger partial charge in [-0.1, -0.05) is 18.2 Å². The molecule has 1 aliphatic heterocycles. The lowest BCUT2D eigenvalue weighted by Crippen LogP contribution is -2.37. The Labute approximate surface area is 109 Å². The van der Waals surface area contributed by atoms with Gasteiger partial charge in [-0.15, -0.1) is 0 Å². The number of hydrogen-bond donors (Lipinski definition) is 0. The average molecular weight is 258 g/mol. The number of aryl methyl sites for hydroxylation is 1. The van der Waals surface area contributed by atoms with E-state index in [4.69, 9.17) is 13.9 Å². The van der Waals surface area contributed by atoms with Gasteiger partial charge in [0.25, 0.3) is 0 Å². The topological polar surface area (TPSA) is 48.7 Å². The third kappa shape index (κ3) is 1.64. The first-order valence-electron chi connectivity index (χ1n) is 6.59. The zero-order valence-corrected chi connectivity index (χ0v) is 10.5. The maximum atomic E-state index is 11.9. The van der Waals surface area contributed by atoms with Crippen molar-refractivity contribution in [2.75, 3.05) is 13.2 Å². The van der Waals surface area contributed by atoms with Gasteiger partial charge in [0.2, 0.25) is 0 Å². The maximum absolute atomic E-state index is 11.9. The van der Waals surface area contributed by atoms with E-state index in [1.165, 1.54) is 0 Å². The minimum absolute atomic E-state index is 0.251. The Morgan fingerprint density at radius 2 is 1.79 bits per heavy atom. The molecule has 4 heteroatoms. The van der Waals surface area contributed by atoms with Crippen LogP contribution >= 0.6 is 0 Å². The Kier molecular flexibility index (Phi) is 2.31. The second kappa shape index (κ2) is 3.92.